The first-order valence-electron chi connectivity index (χ1n) is 6.66. The lowest BCUT2D eigenvalue weighted by molar-refractivity contribution is 1.02. The molecule has 3 aromatic rings. The second-order valence-corrected chi connectivity index (χ2v) is 7.42. The van der Waals surface area contributed by atoms with Gasteiger partial charge in [0.2, 0.25) is 0 Å². The highest BCUT2D eigenvalue weighted by Crippen LogP contribution is 2.43. The smallest absolute Gasteiger partial charge is 0.0758 e. The first kappa shape index (κ1) is 12.9. The number of benzene rings is 2. The zero-order valence-corrected chi connectivity index (χ0v) is 13.9. The lowest BCUT2D eigenvalue weighted by atomic mass is 9.98. The number of thiophene rings is 1. The maximum atomic E-state index is 6.29. The van der Waals surface area contributed by atoms with E-state index in [0.29, 0.717) is 0 Å². The molecule has 0 N–H and O–H groups in total. The third-order valence-electron chi connectivity index (χ3n) is 4.06. The minimum Gasteiger partial charge on any atom is -0.146 e. The first-order valence-corrected chi connectivity index (χ1v) is 8.83. The van der Waals surface area contributed by atoms with Crippen LogP contribution in [0.4, 0.5) is 0 Å². The Morgan fingerprint density at radius 3 is 2.60 bits per heavy atom. The quantitative estimate of drug-likeness (QED) is 0.480. The summed E-state index contributed by atoms with van der Waals surface area (Å²) in [5.41, 5.74) is 4.28. The molecule has 0 nitrogen and oxygen atoms in total. The van der Waals surface area contributed by atoms with Gasteiger partial charge in [-0.05, 0) is 51.8 Å². The summed E-state index contributed by atoms with van der Waals surface area (Å²) in [5.74, 6) is 0. The number of halogens is 2. The highest BCUT2D eigenvalue weighted by atomic mass is 79.9. The van der Waals surface area contributed by atoms with Gasteiger partial charge in [0.05, 0.1) is 9.85 Å². The van der Waals surface area contributed by atoms with Crippen molar-refractivity contribution in [3.8, 4) is 0 Å². The van der Waals surface area contributed by atoms with Crippen molar-refractivity contribution in [3.63, 3.8) is 0 Å². The molecule has 2 aromatic carbocycles. The van der Waals surface area contributed by atoms with Gasteiger partial charge in [0, 0.05) is 4.88 Å². The molecule has 0 radical (unpaired) electrons. The minimum absolute atomic E-state index is 0.167. The van der Waals surface area contributed by atoms with Gasteiger partial charge in [-0.2, -0.15) is 0 Å². The van der Waals surface area contributed by atoms with Crippen molar-refractivity contribution in [2.75, 3.05) is 0 Å². The number of hydrogen-bond acceptors (Lipinski definition) is 1. The van der Waals surface area contributed by atoms with Crippen LogP contribution in [0.3, 0.4) is 0 Å². The first-order chi connectivity index (χ1) is 9.75. The Balaban J connectivity index is 1.96. The molecule has 1 aromatic heterocycles. The van der Waals surface area contributed by atoms with Gasteiger partial charge in [-0.3, -0.25) is 0 Å². The highest BCUT2D eigenvalue weighted by Gasteiger charge is 2.21. The number of rotatable bonds is 2. The van der Waals surface area contributed by atoms with Crippen LogP contribution in [-0.2, 0) is 12.8 Å². The van der Waals surface area contributed by atoms with Crippen LogP contribution in [0.5, 0.6) is 0 Å². The van der Waals surface area contributed by atoms with Crippen LogP contribution < -0.4 is 0 Å². The molecule has 100 valence electrons. The molecular formula is C17H12BrClS. The molecule has 1 unspecified atom stereocenters. The van der Waals surface area contributed by atoms with E-state index >= 15 is 0 Å². The van der Waals surface area contributed by atoms with Crippen molar-refractivity contribution < 1.29 is 0 Å². The second kappa shape index (κ2) is 4.87. The molecule has 0 aliphatic heterocycles. The van der Waals surface area contributed by atoms with Crippen LogP contribution in [0.2, 0.25) is 5.02 Å². The Bertz CT molecular complexity index is 796. The summed E-state index contributed by atoms with van der Waals surface area (Å²) in [6.07, 6.45) is 2.34. The summed E-state index contributed by atoms with van der Waals surface area (Å²) in [6.45, 7) is 0. The van der Waals surface area contributed by atoms with E-state index in [-0.39, 0.29) is 4.83 Å². The molecule has 3 heteroatoms. The van der Waals surface area contributed by atoms with E-state index in [1.54, 1.807) is 11.3 Å². The monoisotopic (exact) mass is 362 g/mol. The maximum Gasteiger partial charge on any atom is 0.0758 e. The normalized spacial score (nSPS) is 14.9. The fourth-order valence-electron chi connectivity index (χ4n) is 3.12. The van der Waals surface area contributed by atoms with Gasteiger partial charge in [-0.25, -0.2) is 0 Å². The van der Waals surface area contributed by atoms with E-state index in [0.717, 1.165) is 5.02 Å². The predicted molar refractivity (Wildman–Crippen MR) is 91.5 cm³/mol. The van der Waals surface area contributed by atoms with E-state index in [1.807, 2.05) is 11.4 Å². The average Bonchev–Trinajstić information content (AvgIpc) is 3.07. The Kier molecular flexibility index (Phi) is 3.13. The Hall–Kier alpha value is -0.830. The van der Waals surface area contributed by atoms with Crippen molar-refractivity contribution in [1.82, 2.24) is 0 Å². The molecule has 1 heterocycles. The lowest BCUT2D eigenvalue weighted by Gasteiger charge is -2.14. The minimum atomic E-state index is 0.167. The molecule has 0 spiro atoms. The molecule has 1 aliphatic carbocycles. The van der Waals surface area contributed by atoms with Gasteiger partial charge >= 0.3 is 0 Å². The molecule has 1 atom stereocenters. The van der Waals surface area contributed by atoms with Gasteiger partial charge in [0.1, 0.15) is 0 Å². The van der Waals surface area contributed by atoms with Crippen LogP contribution in [0.15, 0.2) is 41.8 Å². The predicted octanol–water partition coefficient (Wildman–Crippen LogP) is 6.14. The van der Waals surface area contributed by atoms with E-state index in [9.17, 15) is 0 Å². The summed E-state index contributed by atoms with van der Waals surface area (Å²) in [6, 6.07) is 13.2. The third-order valence-corrected chi connectivity index (χ3v) is 6.74. The van der Waals surface area contributed by atoms with Gasteiger partial charge < -0.3 is 0 Å². The van der Waals surface area contributed by atoms with Gasteiger partial charge in [-0.15, -0.1) is 11.3 Å². The standard InChI is InChI=1S/C17H12BrClS/c18-16(17-14(19)8-9-20-17)13-7-6-11-5-4-10-2-1-3-12(13)15(10)11/h1-3,6-9,16H,4-5H2. The summed E-state index contributed by atoms with van der Waals surface area (Å²) in [7, 11) is 0. The second-order valence-electron chi connectivity index (χ2n) is 5.15. The molecule has 0 saturated heterocycles. The molecule has 0 saturated carbocycles. The molecule has 20 heavy (non-hydrogen) atoms. The Morgan fingerprint density at radius 1 is 1.05 bits per heavy atom. The van der Waals surface area contributed by atoms with Crippen molar-refractivity contribution in [2.24, 2.45) is 0 Å². The molecule has 0 fully saturated rings. The number of aryl methyl sites for hydroxylation is 2. The van der Waals surface area contributed by atoms with Crippen LogP contribution in [0.25, 0.3) is 10.8 Å². The summed E-state index contributed by atoms with van der Waals surface area (Å²) in [4.78, 5) is 1.35. The molecule has 4 rings (SSSR count). The third kappa shape index (κ3) is 1.86. The summed E-state index contributed by atoms with van der Waals surface area (Å²) < 4.78 is 0. The van der Waals surface area contributed by atoms with Crippen LogP contribution in [0, 0.1) is 0 Å². The number of alkyl halides is 1. The zero-order valence-electron chi connectivity index (χ0n) is 10.7. The average molecular weight is 364 g/mol. The summed E-state index contributed by atoms with van der Waals surface area (Å²) in [5, 5.41) is 5.72. The molecule has 0 amide bonds. The zero-order chi connectivity index (χ0) is 13.7. The molecule has 1 aliphatic rings. The van der Waals surface area contributed by atoms with Crippen LogP contribution >= 0.6 is 38.9 Å². The van der Waals surface area contributed by atoms with Crippen molar-refractivity contribution >= 4 is 49.6 Å². The van der Waals surface area contributed by atoms with Gasteiger partial charge in [-0.1, -0.05) is 57.9 Å². The largest absolute Gasteiger partial charge is 0.146 e. The highest BCUT2D eigenvalue weighted by molar-refractivity contribution is 9.09. The maximum absolute atomic E-state index is 6.29. The fraction of sp³-hybridized carbons (Fsp3) is 0.176. The lowest BCUT2D eigenvalue weighted by Crippen LogP contribution is -1.93. The van der Waals surface area contributed by atoms with Crippen molar-refractivity contribution in [2.45, 2.75) is 17.7 Å². The van der Waals surface area contributed by atoms with E-state index in [1.165, 1.54) is 45.2 Å². The van der Waals surface area contributed by atoms with E-state index in [2.05, 4.69) is 46.3 Å². The Labute approximate surface area is 135 Å². The van der Waals surface area contributed by atoms with E-state index < -0.39 is 0 Å². The van der Waals surface area contributed by atoms with Crippen molar-refractivity contribution in [1.29, 1.82) is 0 Å². The fourth-order valence-corrected chi connectivity index (χ4v) is 5.38. The van der Waals surface area contributed by atoms with Gasteiger partial charge in [0.15, 0.2) is 0 Å². The Morgan fingerprint density at radius 2 is 1.85 bits per heavy atom. The van der Waals surface area contributed by atoms with Crippen molar-refractivity contribution in [3.05, 3.63) is 68.4 Å². The van der Waals surface area contributed by atoms with Gasteiger partial charge in [0.25, 0.3) is 0 Å². The SMILES string of the molecule is Clc1ccsc1C(Br)c1ccc2c3c(cccc13)CC2. The van der Waals surface area contributed by atoms with Crippen LogP contribution in [-0.4, -0.2) is 0 Å². The molecule has 0 bridgehead atoms. The summed E-state index contributed by atoms with van der Waals surface area (Å²) >= 11 is 11.8. The number of hydrogen-bond donors (Lipinski definition) is 0. The molecular weight excluding hydrogens is 352 g/mol. The van der Waals surface area contributed by atoms with Crippen LogP contribution in [0.1, 0.15) is 26.4 Å². The topological polar surface area (TPSA) is 0 Å². The van der Waals surface area contributed by atoms with E-state index in [4.69, 9.17) is 11.6 Å².